The minimum atomic E-state index is -0.685. The third-order valence-electron chi connectivity index (χ3n) is 3.80. The number of nitrogens with one attached hydrogen (secondary N) is 1. The van der Waals surface area contributed by atoms with Gasteiger partial charge in [0.05, 0.1) is 10.4 Å². The predicted molar refractivity (Wildman–Crippen MR) is 92.2 cm³/mol. The molecule has 3 nitrogen and oxygen atoms in total. The van der Waals surface area contributed by atoms with Gasteiger partial charge in [-0.3, -0.25) is 4.79 Å². The van der Waals surface area contributed by atoms with Crippen LogP contribution in [0.1, 0.15) is 45.1 Å². The van der Waals surface area contributed by atoms with Crippen molar-refractivity contribution in [2.24, 2.45) is 11.1 Å². The van der Waals surface area contributed by atoms with Crippen LogP contribution in [0.2, 0.25) is 0 Å². The van der Waals surface area contributed by atoms with Gasteiger partial charge in [-0.25, -0.2) is 0 Å². The summed E-state index contributed by atoms with van der Waals surface area (Å²) in [6, 6.07) is 10.1. The monoisotopic (exact) mass is 306 g/mol. The second kappa shape index (κ2) is 8.78. The Kier molecular flexibility index (Phi) is 7.37. The van der Waals surface area contributed by atoms with E-state index in [1.807, 2.05) is 18.2 Å². The first-order valence-corrected chi connectivity index (χ1v) is 8.09. The predicted octanol–water partition coefficient (Wildman–Crippen LogP) is 3.22. The van der Waals surface area contributed by atoms with Crippen molar-refractivity contribution in [3.05, 3.63) is 35.9 Å². The van der Waals surface area contributed by atoms with Gasteiger partial charge in [0.15, 0.2) is 0 Å². The molecule has 0 bridgehead atoms. The molecular weight excluding hydrogens is 280 g/mol. The van der Waals surface area contributed by atoms with Crippen molar-refractivity contribution in [1.82, 2.24) is 5.32 Å². The third kappa shape index (κ3) is 4.81. The lowest BCUT2D eigenvalue weighted by molar-refractivity contribution is -0.128. The van der Waals surface area contributed by atoms with E-state index >= 15 is 0 Å². The first-order valence-electron chi connectivity index (χ1n) is 7.69. The summed E-state index contributed by atoms with van der Waals surface area (Å²) < 4.78 is 0. The van der Waals surface area contributed by atoms with Gasteiger partial charge < -0.3 is 11.1 Å². The molecule has 0 atom stereocenters. The molecule has 0 radical (unpaired) electrons. The zero-order valence-electron chi connectivity index (χ0n) is 13.0. The van der Waals surface area contributed by atoms with Crippen LogP contribution in [0.15, 0.2) is 30.3 Å². The molecule has 0 aromatic heterocycles. The molecular formula is C17H26N2OS. The van der Waals surface area contributed by atoms with Crippen molar-refractivity contribution in [1.29, 1.82) is 0 Å². The molecule has 0 spiro atoms. The van der Waals surface area contributed by atoms with Gasteiger partial charge in [0, 0.05) is 6.54 Å². The van der Waals surface area contributed by atoms with E-state index in [0.717, 1.165) is 19.3 Å². The maximum atomic E-state index is 12.6. The molecule has 1 rings (SSSR count). The van der Waals surface area contributed by atoms with E-state index in [9.17, 15) is 4.79 Å². The molecule has 0 saturated carbocycles. The number of rotatable bonds is 9. The van der Waals surface area contributed by atoms with Crippen molar-refractivity contribution in [3.63, 3.8) is 0 Å². The molecule has 0 saturated heterocycles. The standard InChI is InChI=1S/C17H26N2OS/c1-3-11-17(12-4-2,15(18)21)16(20)19-13-10-14-8-6-5-7-9-14/h5-9H,3-4,10-13H2,1-2H3,(H2,18,21)(H,19,20). The van der Waals surface area contributed by atoms with E-state index in [1.165, 1.54) is 5.56 Å². The zero-order chi connectivity index (χ0) is 15.7. The molecule has 0 aliphatic heterocycles. The summed E-state index contributed by atoms with van der Waals surface area (Å²) in [5.74, 6) is -0.0189. The quantitative estimate of drug-likeness (QED) is 0.689. The van der Waals surface area contributed by atoms with E-state index in [4.69, 9.17) is 18.0 Å². The van der Waals surface area contributed by atoms with Gasteiger partial charge in [0.1, 0.15) is 0 Å². The molecule has 0 heterocycles. The number of carbonyl (C=O) groups excluding carboxylic acids is 1. The Balaban J connectivity index is 2.66. The molecule has 0 aliphatic carbocycles. The van der Waals surface area contributed by atoms with Crippen LogP contribution in [0.25, 0.3) is 0 Å². The van der Waals surface area contributed by atoms with Crippen LogP contribution >= 0.6 is 12.2 Å². The van der Waals surface area contributed by atoms with Crippen LogP contribution in [-0.2, 0) is 11.2 Å². The first-order chi connectivity index (χ1) is 10.1. The van der Waals surface area contributed by atoms with Crippen molar-refractivity contribution >= 4 is 23.1 Å². The normalized spacial score (nSPS) is 11.1. The van der Waals surface area contributed by atoms with Crippen molar-refractivity contribution < 1.29 is 4.79 Å². The molecule has 0 unspecified atom stereocenters. The number of carbonyl (C=O) groups is 1. The lowest BCUT2D eigenvalue weighted by atomic mass is 9.78. The molecule has 0 fully saturated rings. The topological polar surface area (TPSA) is 55.1 Å². The van der Waals surface area contributed by atoms with Gasteiger partial charge in [-0.05, 0) is 24.8 Å². The fraction of sp³-hybridized carbons (Fsp3) is 0.529. The molecule has 0 aliphatic rings. The summed E-state index contributed by atoms with van der Waals surface area (Å²) in [6.07, 6.45) is 4.03. The Morgan fingerprint density at radius 3 is 2.24 bits per heavy atom. The lowest BCUT2D eigenvalue weighted by Crippen LogP contribution is -2.49. The van der Waals surface area contributed by atoms with Crippen LogP contribution in [0.3, 0.4) is 0 Å². The smallest absolute Gasteiger partial charge is 0.233 e. The van der Waals surface area contributed by atoms with E-state index in [1.54, 1.807) is 0 Å². The largest absolute Gasteiger partial charge is 0.392 e. The maximum absolute atomic E-state index is 12.6. The van der Waals surface area contributed by atoms with Gasteiger partial charge in [-0.1, -0.05) is 69.2 Å². The minimum absolute atomic E-state index is 0.0189. The second-order valence-electron chi connectivity index (χ2n) is 5.44. The average molecular weight is 306 g/mol. The molecule has 21 heavy (non-hydrogen) atoms. The Labute approximate surface area is 133 Å². The van der Waals surface area contributed by atoms with Gasteiger partial charge in [0.2, 0.25) is 5.91 Å². The van der Waals surface area contributed by atoms with Crippen LogP contribution < -0.4 is 11.1 Å². The zero-order valence-corrected chi connectivity index (χ0v) is 13.8. The van der Waals surface area contributed by atoms with Crippen LogP contribution in [0.4, 0.5) is 0 Å². The number of hydrogen-bond donors (Lipinski definition) is 2. The Morgan fingerprint density at radius 2 is 1.76 bits per heavy atom. The Bertz CT molecular complexity index is 453. The minimum Gasteiger partial charge on any atom is -0.392 e. The molecule has 1 aromatic carbocycles. The second-order valence-corrected chi connectivity index (χ2v) is 5.88. The highest BCUT2D eigenvalue weighted by Crippen LogP contribution is 2.30. The number of nitrogens with two attached hydrogens (primary N) is 1. The molecule has 1 amide bonds. The number of benzene rings is 1. The fourth-order valence-corrected chi connectivity index (χ4v) is 2.99. The third-order valence-corrected chi connectivity index (χ3v) is 4.19. The summed E-state index contributed by atoms with van der Waals surface area (Å²) in [5, 5.41) is 3.02. The molecule has 3 N–H and O–H groups in total. The van der Waals surface area contributed by atoms with Crippen molar-refractivity contribution in [2.45, 2.75) is 46.0 Å². The van der Waals surface area contributed by atoms with Crippen molar-refractivity contribution in [2.75, 3.05) is 6.54 Å². The summed E-state index contributed by atoms with van der Waals surface area (Å²) in [6.45, 7) is 4.72. The Hall–Kier alpha value is -1.42. The Morgan fingerprint density at radius 1 is 1.19 bits per heavy atom. The lowest BCUT2D eigenvalue weighted by Gasteiger charge is -2.31. The van der Waals surface area contributed by atoms with E-state index < -0.39 is 5.41 Å². The van der Waals surface area contributed by atoms with Gasteiger partial charge in [-0.2, -0.15) is 0 Å². The van der Waals surface area contributed by atoms with Gasteiger partial charge in [0.25, 0.3) is 0 Å². The number of thiocarbonyl (C=S) groups is 1. The van der Waals surface area contributed by atoms with Crippen LogP contribution in [0.5, 0.6) is 0 Å². The highest BCUT2D eigenvalue weighted by atomic mass is 32.1. The summed E-state index contributed by atoms with van der Waals surface area (Å²) in [5.41, 5.74) is 6.43. The van der Waals surface area contributed by atoms with E-state index in [0.29, 0.717) is 24.4 Å². The molecule has 4 heteroatoms. The summed E-state index contributed by atoms with van der Waals surface area (Å²) in [4.78, 5) is 12.9. The molecule has 1 aromatic rings. The van der Waals surface area contributed by atoms with Crippen molar-refractivity contribution in [3.8, 4) is 0 Å². The van der Waals surface area contributed by atoms with Crippen LogP contribution in [0, 0.1) is 5.41 Å². The summed E-state index contributed by atoms with van der Waals surface area (Å²) in [7, 11) is 0. The average Bonchev–Trinajstić information content (AvgIpc) is 2.47. The highest BCUT2D eigenvalue weighted by molar-refractivity contribution is 7.80. The first kappa shape index (κ1) is 17.6. The van der Waals surface area contributed by atoms with Gasteiger partial charge >= 0.3 is 0 Å². The fourth-order valence-electron chi connectivity index (χ4n) is 2.70. The van der Waals surface area contributed by atoms with E-state index in [-0.39, 0.29) is 5.91 Å². The number of hydrogen-bond acceptors (Lipinski definition) is 2. The highest BCUT2D eigenvalue weighted by Gasteiger charge is 2.39. The van der Waals surface area contributed by atoms with Gasteiger partial charge in [-0.15, -0.1) is 0 Å². The SMILES string of the molecule is CCCC(CCC)(C(=O)NCCc1ccccc1)C(N)=S. The van der Waals surface area contributed by atoms with E-state index in [2.05, 4.69) is 31.3 Å². The summed E-state index contributed by atoms with van der Waals surface area (Å²) >= 11 is 5.20. The number of amides is 1. The maximum Gasteiger partial charge on any atom is 0.233 e. The molecule has 116 valence electrons. The van der Waals surface area contributed by atoms with Crippen LogP contribution in [-0.4, -0.2) is 17.4 Å².